The van der Waals surface area contributed by atoms with Crippen molar-refractivity contribution in [2.75, 3.05) is 24.7 Å². The van der Waals surface area contributed by atoms with Gasteiger partial charge >= 0.3 is 12.2 Å². The highest BCUT2D eigenvalue weighted by Gasteiger charge is 2.45. The Balaban J connectivity index is 1.34. The van der Waals surface area contributed by atoms with E-state index in [0.717, 1.165) is 35.5 Å². The molecule has 1 aliphatic heterocycles. The van der Waals surface area contributed by atoms with E-state index in [4.69, 9.17) is 14.5 Å². The van der Waals surface area contributed by atoms with E-state index in [1.54, 1.807) is 20.8 Å². The number of halogens is 1. The monoisotopic (exact) mass is 512 g/mol. The minimum Gasteiger partial charge on any atom is -0.445 e. The first-order chi connectivity index (χ1) is 17.5. The number of carbonyl (C=O) groups is 2. The van der Waals surface area contributed by atoms with Gasteiger partial charge in [-0.05, 0) is 57.2 Å². The number of pyridine rings is 1. The maximum Gasteiger partial charge on any atom is 0.407 e. The molecule has 0 radical (unpaired) electrons. The molecule has 2 heterocycles. The zero-order valence-electron chi connectivity index (χ0n) is 22.1. The van der Waals surface area contributed by atoms with Crippen molar-refractivity contribution in [3.05, 3.63) is 59.3 Å². The van der Waals surface area contributed by atoms with Crippen LogP contribution in [0.5, 0.6) is 0 Å². The average Bonchev–Trinajstić information content (AvgIpc) is 3.18. The SMILES string of the molecule is CC(C)(C)OC(=O)NC1CN(c2ccc3c(n2)CC[C@H](NC(=O)OCc2ccccc2)C3)CC1(C)CF. The first-order valence-corrected chi connectivity index (χ1v) is 12.8. The molecule has 2 N–H and O–H groups in total. The molecule has 4 rings (SSSR count). The minimum atomic E-state index is -0.746. The second kappa shape index (κ2) is 10.9. The van der Waals surface area contributed by atoms with Crippen molar-refractivity contribution in [2.24, 2.45) is 5.41 Å². The van der Waals surface area contributed by atoms with Crippen LogP contribution in [0.2, 0.25) is 0 Å². The molecule has 9 heteroatoms. The van der Waals surface area contributed by atoms with Crippen LogP contribution in [0.15, 0.2) is 42.5 Å². The average molecular weight is 513 g/mol. The number of nitrogens with one attached hydrogen (secondary N) is 2. The lowest BCUT2D eigenvalue weighted by molar-refractivity contribution is 0.0465. The van der Waals surface area contributed by atoms with Gasteiger partial charge in [0.15, 0.2) is 0 Å². The quantitative estimate of drug-likeness (QED) is 0.590. The molecule has 1 aromatic carbocycles. The molecule has 200 valence electrons. The molecule has 1 saturated heterocycles. The summed E-state index contributed by atoms with van der Waals surface area (Å²) >= 11 is 0. The van der Waals surface area contributed by atoms with Crippen molar-refractivity contribution in [3.8, 4) is 0 Å². The number of benzene rings is 1. The summed E-state index contributed by atoms with van der Waals surface area (Å²) < 4.78 is 24.8. The third kappa shape index (κ3) is 6.90. The Labute approximate surface area is 217 Å². The number of rotatable bonds is 6. The summed E-state index contributed by atoms with van der Waals surface area (Å²) in [6.07, 6.45) is 1.19. The van der Waals surface area contributed by atoms with Crippen molar-refractivity contribution in [2.45, 2.75) is 71.2 Å². The lowest BCUT2D eigenvalue weighted by atomic mass is 9.87. The Morgan fingerprint density at radius 1 is 1.14 bits per heavy atom. The standard InChI is InChI=1S/C28H37FN4O4/c1-27(2,3)37-26(35)32-23-15-33(18-28(23,4)17-29)24-13-10-20-14-21(11-12-22(20)31-24)30-25(34)36-16-19-8-6-5-7-9-19/h5-10,13,21,23H,11-12,14-18H2,1-4H3,(H,30,34)(H,32,35)/t21-,23?,28?/m0/s1. The molecule has 1 aromatic heterocycles. The van der Waals surface area contributed by atoms with Gasteiger partial charge in [-0.3, -0.25) is 4.39 Å². The molecule has 37 heavy (non-hydrogen) atoms. The molecule has 0 saturated carbocycles. The van der Waals surface area contributed by atoms with E-state index in [2.05, 4.69) is 10.6 Å². The second-order valence-corrected chi connectivity index (χ2v) is 11.3. The van der Waals surface area contributed by atoms with Crippen molar-refractivity contribution in [3.63, 3.8) is 0 Å². The first kappa shape index (κ1) is 26.7. The lowest BCUT2D eigenvalue weighted by Crippen LogP contribution is -2.48. The van der Waals surface area contributed by atoms with Crippen LogP contribution in [-0.4, -0.2) is 54.6 Å². The lowest BCUT2D eigenvalue weighted by Gasteiger charge is -2.29. The number of alkyl halides is 1. The van der Waals surface area contributed by atoms with Gasteiger partial charge in [0.1, 0.15) is 18.0 Å². The molecule has 1 fully saturated rings. The predicted molar refractivity (Wildman–Crippen MR) is 139 cm³/mol. The van der Waals surface area contributed by atoms with E-state index >= 15 is 0 Å². The molecule has 8 nitrogen and oxygen atoms in total. The largest absolute Gasteiger partial charge is 0.445 e. The fraction of sp³-hybridized carbons (Fsp3) is 0.536. The van der Waals surface area contributed by atoms with Gasteiger partial charge in [-0.15, -0.1) is 0 Å². The number of hydrogen-bond donors (Lipinski definition) is 2. The highest BCUT2D eigenvalue weighted by atomic mass is 19.1. The number of ether oxygens (including phenoxy) is 2. The predicted octanol–water partition coefficient (Wildman–Crippen LogP) is 4.55. The maximum absolute atomic E-state index is 14.1. The fourth-order valence-electron chi connectivity index (χ4n) is 4.86. The van der Waals surface area contributed by atoms with E-state index in [0.29, 0.717) is 19.5 Å². The number of aryl methyl sites for hydroxylation is 1. The van der Waals surface area contributed by atoms with E-state index in [-0.39, 0.29) is 12.6 Å². The Morgan fingerprint density at radius 2 is 1.89 bits per heavy atom. The van der Waals surface area contributed by atoms with Gasteiger partial charge in [0, 0.05) is 30.2 Å². The number of carbonyl (C=O) groups excluding carboxylic acids is 2. The van der Waals surface area contributed by atoms with Gasteiger partial charge in [0.05, 0.1) is 12.7 Å². The molecule has 0 spiro atoms. The second-order valence-electron chi connectivity index (χ2n) is 11.3. The van der Waals surface area contributed by atoms with Crippen LogP contribution in [-0.2, 0) is 28.9 Å². The van der Waals surface area contributed by atoms with Gasteiger partial charge in [0.2, 0.25) is 0 Å². The van der Waals surface area contributed by atoms with Gasteiger partial charge in [0.25, 0.3) is 0 Å². The van der Waals surface area contributed by atoms with Crippen LogP contribution < -0.4 is 15.5 Å². The van der Waals surface area contributed by atoms with Crippen LogP contribution >= 0.6 is 0 Å². The summed E-state index contributed by atoms with van der Waals surface area (Å²) in [4.78, 5) is 31.5. The van der Waals surface area contributed by atoms with Crippen LogP contribution in [0.25, 0.3) is 0 Å². The fourth-order valence-corrected chi connectivity index (χ4v) is 4.86. The van der Waals surface area contributed by atoms with E-state index in [1.807, 2.05) is 54.3 Å². The zero-order chi connectivity index (χ0) is 26.6. The molecule has 2 aliphatic rings. The van der Waals surface area contributed by atoms with Crippen LogP contribution in [0.1, 0.15) is 50.9 Å². The first-order valence-electron chi connectivity index (χ1n) is 12.8. The summed E-state index contributed by atoms with van der Waals surface area (Å²) in [6, 6.07) is 13.1. The van der Waals surface area contributed by atoms with E-state index in [9.17, 15) is 14.0 Å². The van der Waals surface area contributed by atoms with E-state index < -0.39 is 35.9 Å². The van der Waals surface area contributed by atoms with E-state index in [1.165, 1.54) is 0 Å². The highest BCUT2D eigenvalue weighted by molar-refractivity contribution is 5.69. The summed E-state index contributed by atoms with van der Waals surface area (Å²) in [7, 11) is 0. The third-order valence-corrected chi connectivity index (χ3v) is 6.90. The third-order valence-electron chi connectivity index (χ3n) is 6.90. The molecular weight excluding hydrogens is 475 g/mol. The number of fused-ring (bicyclic) bond motifs is 1. The Kier molecular flexibility index (Phi) is 7.90. The number of aromatic nitrogens is 1. The van der Waals surface area contributed by atoms with Crippen LogP contribution in [0, 0.1) is 5.41 Å². The smallest absolute Gasteiger partial charge is 0.407 e. The maximum atomic E-state index is 14.1. The molecule has 2 amide bonds. The Morgan fingerprint density at radius 3 is 2.59 bits per heavy atom. The van der Waals surface area contributed by atoms with Crippen molar-refractivity contribution in [1.82, 2.24) is 15.6 Å². The van der Waals surface area contributed by atoms with Gasteiger partial charge in [-0.2, -0.15) is 0 Å². The number of anilines is 1. The van der Waals surface area contributed by atoms with Crippen LogP contribution in [0.4, 0.5) is 19.8 Å². The van der Waals surface area contributed by atoms with Crippen molar-refractivity contribution < 1.29 is 23.5 Å². The van der Waals surface area contributed by atoms with Crippen molar-refractivity contribution in [1.29, 1.82) is 0 Å². The topological polar surface area (TPSA) is 92.8 Å². The summed E-state index contributed by atoms with van der Waals surface area (Å²) in [5.41, 5.74) is 1.64. The Bertz CT molecular complexity index is 1110. The zero-order valence-corrected chi connectivity index (χ0v) is 22.1. The molecule has 1 aliphatic carbocycles. The van der Waals surface area contributed by atoms with Crippen molar-refractivity contribution >= 4 is 18.0 Å². The number of amides is 2. The highest BCUT2D eigenvalue weighted by Crippen LogP contribution is 2.34. The molecule has 0 bridgehead atoms. The number of nitrogens with zero attached hydrogens (tertiary/aromatic N) is 2. The summed E-state index contributed by atoms with van der Waals surface area (Å²) in [5, 5.41) is 5.83. The van der Waals surface area contributed by atoms with Crippen LogP contribution in [0.3, 0.4) is 0 Å². The van der Waals surface area contributed by atoms with Gasteiger partial charge in [-0.1, -0.05) is 43.3 Å². The molecule has 3 atom stereocenters. The summed E-state index contributed by atoms with van der Waals surface area (Å²) in [6.45, 7) is 7.78. The minimum absolute atomic E-state index is 0.0209. The molecule has 2 aromatic rings. The number of hydrogen-bond acceptors (Lipinski definition) is 6. The number of alkyl carbamates (subject to hydrolysis) is 2. The van der Waals surface area contributed by atoms with Gasteiger partial charge < -0.3 is 25.0 Å². The summed E-state index contributed by atoms with van der Waals surface area (Å²) in [5.74, 6) is 0.764. The molecule has 2 unspecified atom stereocenters. The Hall–Kier alpha value is -3.36. The molecular formula is C28H37FN4O4. The normalized spacial score (nSPS) is 23.2. The van der Waals surface area contributed by atoms with Gasteiger partial charge in [-0.25, -0.2) is 14.6 Å².